The number of nitrogens with zero attached hydrogens (tertiary/aromatic N) is 4. The van der Waals surface area contributed by atoms with Gasteiger partial charge in [-0.2, -0.15) is 0 Å². The van der Waals surface area contributed by atoms with Crippen molar-refractivity contribution in [1.82, 2.24) is 0 Å². The number of benzene rings is 2. The second kappa shape index (κ2) is 14.5. The Kier molecular flexibility index (Phi) is 9.82. The molecular formula is C38H48N4+2. The van der Waals surface area contributed by atoms with Crippen LogP contribution in [0.5, 0.6) is 0 Å². The molecule has 2 aliphatic rings. The standard InChI is InChI=1S/C38H48N4/c1-5-23-41(24-6-1)37-19-27-39(28-20-37)31-35-15-11-33(12-16-35)9-3-4-10-34-13-17-36(18-14-34)32-40-29-21-38(22-30-40)42-25-7-2-8-26-42/h11-22,27-30H,1-10,23-26,31-32H2/q+2. The lowest BCUT2D eigenvalue weighted by molar-refractivity contribution is -0.688. The zero-order valence-corrected chi connectivity index (χ0v) is 25.3. The molecule has 0 bridgehead atoms. The quantitative estimate of drug-likeness (QED) is 0.146. The van der Waals surface area contributed by atoms with Crippen LogP contribution in [0.15, 0.2) is 97.6 Å². The minimum atomic E-state index is 0.930. The number of piperidine rings is 2. The topological polar surface area (TPSA) is 14.2 Å². The molecule has 4 nitrogen and oxygen atoms in total. The molecule has 0 saturated carbocycles. The molecule has 2 aromatic carbocycles. The van der Waals surface area contributed by atoms with E-state index in [1.54, 1.807) is 0 Å². The highest BCUT2D eigenvalue weighted by Gasteiger charge is 2.14. The van der Waals surface area contributed by atoms with Gasteiger partial charge in [-0.15, -0.1) is 0 Å². The van der Waals surface area contributed by atoms with Gasteiger partial charge >= 0.3 is 0 Å². The first-order valence-corrected chi connectivity index (χ1v) is 16.4. The average molecular weight is 561 g/mol. The molecule has 2 aliphatic heterocycles. The van der Waals surface area contributed by atoms with E-state index >= 15 is 0 Å². The molecule has 0 amide bonds. The van der Waals surface area contributed by atoms with Crippen molar-refractivity contribution in [2.24, 2.45) is 0 Å². The lowest BCUT2D eigenvalue weighted by atomic mass is 10.0. The van der Waals surface area contributed by atoms with Crippen LogP contribution in [0.3, 0.4) is 0 Å². The summed E-state index contributed by atoms with van der Waals surface area (Å²) in [6, 6.07) is 27.6. The summed E-state index contributed by atoms with van der Waals surface area (Å²) < 4.78 is 4.58. The summed E-state index contributed by atoms with van der Waals surface area (Å²) in [7, 11) is 0. The Morgan fingerprint density at radius 1 is 0.405 bits per heavy atom. The van der Waals surface area contributed by atoms with E-state index in [2.05, 4.69) is 117 Å². The molecule has 0 radical (unpaired) electrons. The average Bonchev–Trinajstić information content (AvgIpc) is 3.06. The Morgan fingerprint density at radius 3 is 1.10 bits per heavy atom. The van der Waals surface area contributed by atoms with Crippen LogP contribution in [-0.4, -0.2) is 26.2 Å². The monoisotopic (exact) mass is 560 g/mol. The number of unbranched alkanes of at least 4 members (excludes halogenated alkanes) is 1. The highest BCUT2D eigenvalue weighted by molar-refractivity contribution is 5.44. The normalized spacial score (nSPS) is 15.6. The van der Waals surface area contributed by atoms with Crippen LogP contribution < -0.4 is 18.9 Å². The van der Waals surface area contributed by atoms with Crippen molar-refractivity contribution < 1.29 is 9.13 Å². The number of pyridine rings is 2. The molecular weight excluding hydrogens is 512 g/mol. The molecule has 0 atom stereocenters. The van der Waals surface area contributed by atoms with E-state index in [-0.39, 0.29) is 0 Å². The minimum absolute atomic E-state index is 0.930. The molecule has 0 spiro atoms. The molecule has 0 aliphatic carbocycles. The molecule has 0 unspecified atom stereocenters. The molecule has 4 aromatic rings. The van der Waals surface area contributed by atoms with Crippen LogP contribution in [0.2, 0.25) is 0 Å². The fraction of sp³-hybridized carbons (Fsp3) is 0.421. The van der Waals surface area contributed by atoms with Gasteiger partial charge in [-0.25, -0.2) is 9.13 Å². The van der Waals surface area contributed by atoms with Gasteiger partial charge in [0.05, 0.1) is 0 Å². The predicted molar refractivity (Wildman–Crippen MR) is 173 cm³/mol. The van der Waals surface area contributed by atoms with Crippen molar-refractivity contribution in [2.45, 2.75) is 77.3 Å². The van der Waals surface area contributed by atoms with Crippen molar-refractivity contribution in [2.75, 3.05) is 36.0 Å². The highest BCUT2D eigenvalue weighted by Crippen LogP contribution is 2.19. The number of hydrogen-bond acceptors (Lipinski definition) is 2. The molecule has 2 aromatic heterocycles. The van der Waals surface area contributed by atoms with Gasteiger partial charge < -0.3 is 9.80 Å². The Hall–Kier alpha value is -3.66. The van der Waals surface area contributed by atoms with Gasteiger partial charge in [-0.05, 0) is 75.3 Å². The number of aromatic nitrogens is 2. The van der Waals surface area contributed by atoms with Crippen LogP contribution in [0.1, 0.15) is 73.6 Å². The van der Waals surface area contributed by atoms with Gasteiger partial charge in [0.15, 0.2) is 37.9 Å². The van der Waals surface area contributed by atoms with Crippen molar-refractivity contribution in [1.29, 1.82) is 0 Å². The fourth-order valence-electron chi connectivity index (χ4n) is 6.54. The first-order valence-electron chi connectivity index (χ1n) is 16.4. The number of rotatable bonds is 11. The molecule has 4 heteroatoms. The maximum Gasteiger partial charge on any atom is 0.173 e. The molecule has 2 saturated heterocycles. The largest absolute Gasteiger partial charge is 0.371 e. The smallest absolute Gasteiger partial charge is 0.173 e. The molecule has 4 heterocycles. The molecule has 218 valence electrons. The van der Waals surface area contributed by atoms with E-state index in [4.69, 9.17) is 0 Å². The third kappa shape index (κ3) is 8.00. The lowest BCUT2D eigenvalue weighted by Crippen LogP contribution is -2.35. The van der Waals surface area contributed by atoms with E-state index in [1.807, 2.05) is 0 Å². The van der Waals surface area contributed by atoms with Gasteiger partial charge in [0, 0.05) is 72.9 Å². The molecule has 6 rings (SSSR count). The minimum Gasteiger partial charge on any atom is -0.371 e. The van der Waals surface area contributed by atoms with E-state index in [1.165, 1.54) is 111 Å². The Balaban J connectivity index is 0.904. The number of anilines is 2. The zero-order chi connectivity index (χ0) is 28.4. The van der Waals surface area contributed by atoms with E-state index in [0.717, 1.165) is 25.9 Å². The van der Waals surface area contributed by atoms with Crippen molar-refractivity contribution in [3.8, 4) is 0 Å². The van der Waals surface area contributed by atoms with Crippen LogP contribution in [0.25, 0.3) is 0 Å². The maximum atomic E-state index is 2.52. The van der Waals surface area contributed by atoms with Crippen molar-refractivity contribution in [3.63, 3.8) is 0 Å². The zero-order valence-electron chi connectivity index (χ0n) is 25.3. The Labute approximate surface area is 253 Å². The van der Waals surface area contributed by atoms with Crippen LogP contribution in [-0.2, 0) is 25.9 Å². The van der Waals surface area contributed by atoms with E-state index in [9.17, 15) is 0 Å². The fourth-order valence-corrected chi connectivity index (χ4v) is 6.54. The Bertz CT molecular complexity index is 1240. The van der Waals surface area contributed by atoms with E-state index < -0.39 is 0 Å². The van der Waals surface area contributed by atoms with Gasteiger partial charge in [-0.3, -0.25) is 0 Å². The van der Waals surface area contributed by atoms with Gasteiger partial charge in [-0.1, -0.05) is 48.5 Å². The van der Waals surface area contributed by atoms with Gasteiger partial charge in [0.25, 0.3) is 0 Å². The predicted octanol–water partition coefficient (Wildman–Crippen LogP) is 6.90. The Morgan fingerprint density at radius 2 is 0.738 bits per heavy atom. The van der Waals surface area contributed by atoms with Crippen LogP contribution >= 0.6 is 0 Å². The van der Waals surface area contributed by atoms with Crippen molar-refractivity contribution >= 4 is 11.4 Å². The summed E-state index contributed by atoms with van der Waals surface area (Å²) in [5.41, 5.74) is 8.36. The number of hydrogen-bond donors (Lipinski definition) is 0. The highest BCUT2D eigenvalue weighted by atomic mass is 15.1. The van der Waals surface area contributed by atoms with Gasteiger partial charge in [0.2, 0.25) is 0 Å². The number of aryl methyl sites for hydroxylation is 2. The third-order valence-corrected chi connectivity index (χ3v) is 9.15. The summed E-state index contributed by atoms with van der Waals surface area (Å²) in [5.74, 6) is 0. The van der Waals surface area contributed by atoms with Crippen LogP contribution in [0, 0.1) is 0 Å². The maximum absolute atomic E-state index is 2.52. The molecule has 0 N–H and O–H groups in total. The summed E-state index contributed by atoms with van der Waals surface area (Å²) >= 11 is 0. The SMILES string of the molecule is c1cc(C[n+]2ccc(N3CCCCC3)cc2)ccc1CCCCc1ccc(C[n+]2ccc(N3CCCCC3)cc2)cc1. The second-order valence-corrected chi connectivity index (χ2v) is 12.4. The van der Waals surface area contributed by atoms with Gasteiger partial charge in [0.1, 0.15) is 0 Å². The summed E-state index contributed by atoms with van der Waals surface area (Å²) in [4.78, 5) is 5.04. The molecule has 2 fully saturated rings. The first-order chi connectivity index (χ1) is 20.8. The lowest BCUT2D eigenvalue weighted by Gasteiger charge is -2.28. The first kappa shape index (κ1) is 28.5. The summed E-state index contributed by atoms with van der Waals surface area (Å²) in [5, 5.41) is 0. The summed E-state index contributed by atoms with van der Waals surface area (Å²) in [6.45, 7) is 6.66. The van der Waals surface area contributed by atoms with E-state index in [0.29, 0.717) is 0 Å². The second-order valence-electron chi connectivity index (χ2n) is 12.4. The molecule has 42 heavy (non-hydrogen) atoms. The van der Waals surface area contributed by atoms with Crippen molar-refractivity contribution in [3.05, 3.63) is 120 Å². The summed E-state index contributed by atoms with van der Waals surface area (Å²) in [6.07, 6.45) is 21.7. The third-order valence-electron chi connectivity index (χ3n) is 9.15. The van der Waals surface area contributed by atoms with Crippen LogP contribution in [0.4, 0.5) is 11.4 Å².